The van der Waals surface area contributed by atoms with E-state index in [1.807, 2.05) is 24.3 Å². The van der Waals surface area contributed by atoms with Gasteiger partial charge in [-0.2, -0.15) is 0 Å². The molecule has 0 atom stereocenters. The lowest BCUT2D eigenvalue weighted by Crippen LogP contribution is -2.30. The minimum Gasteiger partial charge on any atom is -0.486 e. The van der Waals surface area contributed by atoms with Crippen molar-refractivity contribution in [3.63, 3.8) is 0 Å². The molecule has 1 aliphatic heterocycles. The van der Waals surface area contributed by atoms with Crippen molar-refractivity contribution in [2.45, 2.75) is 12.8 Å². The number of carbonyl (C=O) groups is 1. The minimum atomic E-state index is 0.0266. The van der Waals surface area contributed by atoms with E-state index in [9.17, 15) is 4.79 Å². The second kappa shape index (κ2) is 7.53. The Kier molecular flexibility index (Phi) is 5.20. The molecule has 2 aromatic rings. The minimum absolute atomic E-state index is 0.0266. The molecule has 1 aliphatic rings. The molecule has 0 bridgehead atoms. The van der Waals surface area contributed by atoms with Crippen LogP contribution in [0.3, 0.4) is 0 Å². The number of rotatable bonds is 5. The SMILES string of the molecule is CN(CCc1ccccn1)C(=O)Cc1cc(Cl)c2c(c1)OCCO2. The summed E-state index contributed by atoms with van der Waals surface area (Å²) in [6.45, 7) is 1.60. The first-order valence-electron chi connectivity index (χ1n) is 7.85. The smallest absolute Gasteiger partial charge is 0.226 e. The van der Waals surface area contributed by atoms with E-state index in [0.717, 1.165) is 17.7 Å². The van der Waals surface area contributed by atoms with Crippen LogP contribution < -0.4 is 9.47 Å². The normalized spacial score (nSPS) is 12.8. The molecule has 24 heavy (non-hydrogen) atoms. The highest BCUT2D eigenvalue weighted by atomic mass is 35.5. The molecule has 0 radical (unpaired) electrons. The number of hydrogen-bond acceptors (Lipinski definition) is 4. The van der Waals surface area contributed by atoms with Crippen molar-refractivity contribution in [1.29, 1.82) is 0 Å². The Morgan fingerprint density at radius 3 is 2.92 bits per heavy atom. The van der Waals surface area contributed by atoms with Crippen LogP contribution in [0.4, 0.5) is 0 Å². The number of pyridine rings is 1. The molecule has 0 unspecified atom stereocenters. The monoisotopic (exact) mass is 346 g/mol. The van der Waals surface area contributed by atoms with Crippen molar-refractivity contribution in [1.82, 2.24) is 9.88 Å². The lowest BCUT2D eigenvalue weighted by Gasteiger charge is -2.21. The van der Waals surface area contributed by atoms with E-state index < -0.39 is 0 Å². The number of likely N-dealkylation sites (N-methyl/N-ethyl adjacent to an activating group) is 1. The molecule has 6 heteroatoms. The Labute approximate surface area is 146 Å². The number of fused-ring (bicyclic) bond motifs is 1. The van der Waals surface area contributed by atoms with E-state index in [2.05, 4.69) is 4.98 Å². The van der Waals surface area contributed by atoms with Gasteiger partial charge in [0.1, 0.15) is 13.2 Å². The summed E-state index contributed by atoms with van der Waals surface area (Å²) in [4.78, 5) is 18.4. The summed E-state index contributed by atoms with van der Waals surface area (Å²) in [6.07, 6.45) is 2.76. The molecule has 0 saturated carbocycles. The van der Waals surface area contributed by atoms with Gasteiger partial charge >= 0.3 is 0 Å². The van der Waals surface area contributed by atoms with Crippen molar-refractivity contribution in [2.24, 2.45) is 0 Å². The Morgan fingerprint density at radius 1 is 1.29 bits per heavy atom. The molecular weight excluding hydrogens is 328 g/mol. The average molecular weight is 347 g/mol. The molecule has 126 valence electrons. The molecule has 3 rings (SSSR count). The fourth-order valence-corrected chi connectivity index (χ4v) is 2.82. The summed E-state index contributed by atoms with van der Waals surface area (Å²) in [5, 5.41) is 0.478. The van der Waals surface area contributed by atoms with Crippen LogP contribution in [0.5, 0.6) is 11.5 Å². The van der Waals surface area contributed by atoms with Gasteiger partial charge in [-0.05, 0) is 29.8 Å². The van der Waals surface area contributed by atoms with Crippen molar-refractivity contribution in [3.05, 3.63) is 52.8 Å². The predicted molar refractivity (Wildman–Crippen MR) is 91.7 cm³/mol. The highest BCUT2D eigenvalue weighted by Crippen LogP contribution is 2.38. The van der Waals surface area contributed by atoms with E-state index in [1.54, 1.807) is 24.2 Å². The Bertz CT molecular complexity index is 722. The molecule has 1 aromatic heterocycles. The average Bonchev–Trinajstić information content (AvgIpc) is 2.60. The van der Waals surface area contributed by atoms with Gasteiger partial charge in [0.15, 0.2) is 11.5 Å². The van der Waals surface area contributed by atoms with Crippen molar-refractivity contribution in [2.75, 3.05) is 26.8 Å². The number of amides is 1. The number of nitrogens with zero attached hydrogens (tertiary/aromatic N) is 2. The predicted octanol–water partition coefficient (Wildman–Crippen LogP) is 2.75. The summed E-state index contributed by atoms with van der Waals surface area (Å²) in [6, 6.07) is 9.37. The van der Waals surface area contributed by atoms with Crippen LogP contribution in [0.25, 0.3) is 0 Å². The first-order valence-corrected chi connectivity index (χ1v) is 8.23. The van der Waals surface area contributed by atoms with Crippen LogP contribution in [0, 0.1) is 0 Å². The number of hydrogen-bond donors (Lipinski definition) is 0. The fourth-order valence-electron chi connectivity index (χ4n) is 2.53. The summed E-state index contributed by atoms with van der Waals surface area (Å²) in [5.41, 5.74) is 1.79. The van der Waals surface area contributed by atoms with Crippen LogP contribution >= 0.6 is 11.6 Å². The lowest BCUT2D eigenvalue weighted by atomic mass is 10.1. The Hall–Kier alpha value is -2.27. The highest BCUT2D eigenvalue weighted by molar-refractivity contribution is 6.32. The van der Waals surface area contributed by atoms with Gasteiger partial charge in [-0.15, -0.1) is 0 Å². The lowest BCUT2D eigenvalue weighted by molar-refractivity contribution is -0.129. The van der Waals surface area contributed by atoms with Crippen molar-refractivity contribution >= 4 is 17.5 Å². The zero-order valence-corrected chi connectivity index (χ0v) is 14.3. The molecule has 0 aliphatic carbocycles. The van der Waals surface area contributed by atoms with Gasteiger partial charge in [-0.25, -0.2) is 0 Å². The van der Waals surface area contributed by atoms with E-state index in [4.69, 9.17) is 21.1 Å². The number of benzene rings is 1. The van der Waals surface area contributed by atoms with Gasteiger partial charge in [0.25, 0.3) is 0 Å². The maximum Gasteiger partial charge on any atom is 0.226 e. The van der Waals surface area contributed by atoms with E-state index in [1.165, 1.54) is 0 Å². The molecule has 0 N–H and O–H groups in total. The first kappa shape index (κ1) is 16.6. The Balaban J connectivity index is 1.61. The van der Waals surface area contributed by atoms with E-state index in [0.29, 0.717) is 36.3 Å². The fraction of sp³-hybridized carbons (Fsp3) is 0.333. The van der Waals surface area contributed by atoms with Gasteiger partial charge in [0, 0.05) is 31.9 Å². The van der Waals surface area contributed by atoms with Crippen LogP contribution in [0.1, 0.15) is 11.3 Å². The molecule has 0 saturated heterocycles. The van der Waals surface area contributed by atoms with Gasteiger partial charge in [0.05, 0.1) is 11.4 Å². The van der Waals surface area contributed by atoms with Gasteiger partial charge in [0.2, 0.25) is 5.91 Å². The van der Waals surface area contributed by atoms with Crippen molar-refractivity contribution < 1.29 is 14.3 Å². The third kappa shape index (κ3) is 3.97. The number of aromatic nitrogens is 1. The maximum atomic E-state index is 12.4. The van der Waals surface area contributed by atoms with Crippen molar-refractivity contribution in [3.8, 4) is 11.5 Å². The number of carbonyl (C=O) groups excluding carboxylic acids is 1. The third-order valence-corrected chi connectivity index (χ3v) is 4.15. The molecule has 1 aromatic carbocycles. The van der Waals surface area contributed by atoms with Gasteiger partial charge in [-0.1, -0.05) is 17.7 Å². The second-order valence-electron chi connectivity index (χ2n) is 5.66. The summed E-state index contributed by atoms with van der Waals surface area (Å²) < 4.78 is 11.0. The van der Waals surface area contributed by atoms with Crippen LogP contribution in [-0.2, 0) is 17.6 Å². The zero-order valence-electron chi connectivity index (χ0n) is 13.5. The Morgan fingerprint density at radius 2 is 2.12 bits per heavy atom. The largest absolute Gasteiger partial charge is 0.486 e. The maximum absolute atomic E-state index is 12.4. The molecule has 5 nitrogen and oxygen atoms in total. The van der Waals surface area contributed by atoms with Gasteiger partial charge in [-0.3, -0.25) is 9.78 Å². The first-order chi connectivity index (χ1) is 11.6. The van der Waals surface area contributed by atoms with Crippen LogP contribution in [-0.4, -0.2) is 42.6 Å². The number of halogens is 1. The second-order valence-corrected chi connectivity index (χ2v) is 6.07. The quantitative estimate of drug-likeness (QED) is 0.835. The summed E-state index contributed by atoms with van der Waals surface area (Å²) in [5.74, 6) is 1.19. The third-order valence-electron chi connectivity index (χ3n) is 3.87. The van der Waals surface area contributed by atoms with E-state index in [-0.39, 0.29) is 12.3 Å². The van der Waals surface area contributed by atoms with Crippen LogP contribution in [0.2, 0.25) is 5.02 Å². The molecular formula is C18H19ClN2O3. The zero-order chi connectivity index (χ0) is 16.9. The van der Waals surface area contributed by atoms with E-state index >= 15 is 0 Å². The topological polar surface area (TPSA) is 51.7 Å². The highest BCUT2D eigenvalue weighted by Gasteiger charge is 2.18. The standard InChI is InChI=1S/C18H19ClN2O3/c1-21(7-5-14-4-2-3-6-20-14)17(22)12-13-10-15(19)18-16(11-13)23-8-9-24-18/h2-4,6,10-11H,5,7-9,12H2,1H3. The summed E-state index contributed by atoms with van der Waals surface area (Å²) in [7, 11) is 1.80. The molecule has 0 fully saturated rings. The molecule has 2 heterocycles. The molecule has 1 amide bonds. The summed E-state index contributed by atoms with van der Waals surface area (Å²) >= 11 is 6.21. The van der Waals surface area contributed by atoms with Crippen LogP contribution in [0.15, 0.2) is 36.5 Å². The molecule has 0 spiro atoms. The number of ether oxygens (including phenoxy) is 2. The van der Waals surface area contributed by atoms with Gasteiger partial charge < -0.3 is 14.4 Å².